The van der Waals surface area contributed by atoms with Gasteiger partial charge in [0.25, 0.3) is 0 Å². The van der Waals surface area contributed by atoms with E-state index in [1.165, 1.54) is 11.1 Å². The highest BCUT2D eigenvalue weighted by molar-refractivity contribution is 7.89. The average Bonchev–Trinajstić information content (AvgIpc) is 2.60. The fourth-order valence-electron chi connectivity index (χ4n) is 3.12. The van der Waals surface area contributed by atoms with Crippen LogP contribution < -0.4 is 4.72 Å². The van der Waals surface area contributed by atoms with Gasteiger partial charge in [0, 0.05) is 31.2 Å². The number of hydrogen-bond donors (Lipinski definition) is 1. The summed E-state index contributed by atoms with van der Waals surface area (Å²) in [4.78, 5) is 1.25. The molecule has 0 amide bonds. The van der Waals surface area contributed by atoms with Gasteiger partial charge in [-0.25, -0.2) is 13.1 Å². The first kappa shape index (κ1) is 20.1. The first-order chi connectivity index (χ1) is 12.7. The van der Waals surface area contributed by atoms with E-state index < -0.39 is 26.7 Å². The Hall–Kier alpha value is -1.61. The molecule has 0 unspecified atom stereocenters. The quantitative estimate of drug-likeness (QED) is 0.805. The molecule has 1 aliphatic heterocycles. The summed E-state index contributed by atoms with van der Waals surface area (Å²) in [7, 11) is -4.31. The molecule has 1 aliphatic rings. The van der Waals surface area contributed by atoms with Crippen LogP contribution in [0, 0.1) is 0 Å². The molecule has 0 atom stereocenters. The van der Waals surface area contributed by atoms with Crippen LogP contribution in [0.2, 0.25) is 5.02 Å². The lowest BCUT2D eigenvalue weighted by atomic mass is 10.0. The Kier molecular flexibility index (Phi) is 5.81. The fraction of sp³-hybridized carbons (Fsp3) is 0.333. The van der Waals surface area contributed by atoms with E-state index in [0.29, 0.717) is 19.2 Å². The summed E-state index contributed by atoms with van der Waals surface area (Å²) in [5.74, 6) is 0. The van der Waals surface area contributed by atoms with Crippen LogP contribution in [0.3, 0.4) is 0 Å². The summed E-state index contributed by atoms with van der Waals surface area (Å²) in [6.07, 6.45) is -3.95. The van der Waals surface area contributed by atoms with Crippen LogP contribution in [-0.2, 0) is 29.2 Å². The van der Waals surface area contributed by atoms with Gasteiger partial charge in [-0.15, -0.1) is 0 Å². The Bertz CT molecular complexity index is 932. The second-order valence-corrected chi connectivity index (χ2v) is 8.50. The van der Waals surface area contributed by atoms with E-state index in [2.05, 4.69) is 15.7 Å². The normalized spacial score (nSPS) is 15.6. The highest BCUT2D eigenvalue weighted by atomic mass is 35.5. The summed E-state index contributed by atoms with van der Waals surface area (Å²) in [6, 6.07) is 10.6. The molecule has 0 spiro atoms. The largest absolute Gasteiger partial charge is 0.417 e. The standard InChI is InChI=1S/C18H18ClF3N2O2S/c19-15-5-6-17(16(11-15)18(20,21)22)27(25,26)23-8-10-24-9-7-13-3-1-2-4-14(13)12-24/h1-6,11,23H,7-10,12H2. The maximum absolute atomic E-state index is 13.2. The highest BCUT2D eigenvalue weighted by Crippen LogP contribution is 2.35. The van der Waals surface area contributed by atoms with Gasteiger partial charge in [0.1, 0.15) is 0 Å². The van der Waals surface area contributed by atoms with Crippen LogP contribution in [0.15, 0.2) is 47.4 Å². The van der Waals surface area contributed by atoms with Gasteiger partial charge in [0.05, 0.1) is 10.5 Å². The zero-order valence-corrected chi connectivity index (χ0v) is 15.8. The first-order valence-electron chi connectivity index (χ1n) is 8.32. The molecule has 1 N–H and O–H groups in total. The van der Waals surface area contributed by atoms with Crippen molar-refractivity contribution in [2.45, 2.75) is 24.0 Å². The lowest BCUT2D eigenvalue weighted by Crippen LogP contribution is -2.38. The van der Waals surface area contributed by atoms with Crippen molar-refractivity contribution in [3.05, 3.63) is 64.2 Å². The first-order valence-corrected chi connectivity index (χ1v) is 10.2. The van der Waals surface area contributed by atoms with Gasteiger partial charge in [-0.3, -0.25) is 4.90 Å². The predicted octanol–water partition coefficient (Wildman–Crippen LogP) is 3.70. The van der Waals surface area contributed by atoms with Gasteiger partial charge in [-0.2, -0.15) is 13.2 Å². The molecule has 2 aromatic rings. The van der Waals surface area contributed by atoms with Gasteiger partial charge in [-0.1, -0.05) is 35.9 Å². The van der Waals surface area contributed by atoms with Crippen molar-refractivity contribution < 1.29 is 21.6 Å². The van der Waals surface area contributed by atoms with Crippen molar-refractivity contribution in [2.75, 3.05) is 19.6 Å². The van der Waals surface area contributed by atoms with Crippen LogP contribution in [0.1, 0.15) is 16.7 Å². The predicted molar refractivity (Wildman–Crippen MR) is 97.1 cm³/mol. The maximum Gasteiger partial charge on any atom is 0.417 e. The third-order valence-electron chi connectivity index (χ3n) is 4.47. The molecule has 4 nitrogen and oxygen atoms in total. The Balaban J connectivity index is 1.67. The molecule has 0 bridgehead atoms. The molecule has 0 saturated carbocycles. The third-order valence-corrected chi connectivity index (χ3v) is 6.22. The van der Waals surface area contributed by atoms with E-state index in [-0.39, 0.29) is 11.6 Å². The zero-order valence-electron chi connectivity index (χ0n) is 14.3. The fourth-order valence-corrected chi connectivity index (χ4v) is 4.52. The van der Waals surface area contributed by atoms with E-state index in [1.807, 2.05) is 18.2 Å². The number of halogens is 4. The number of nitrogens with zero attached hydrogens (tertiary/aromatic N) is 1. The molecule has 2 aromatic carbocycles. The van der Waals surface area contributed by atoms with Gasteiger partial charge in [0.2, 0.25) is 10.0 Å². The summed E-state index contributed by atoms with van der Waals surface area (Å²) in [5, 5.41) is -0.173. The summed E-state index contributed by atoms with van der Waals surface area (Å²) < 4.78 is 66.5. The number of benzene rings is 2. The molecule has 0 aromatic heterocycles. The molecule has 0 radical (unpaired) electrons. The molecular formula is C18H18ClF3N2O2S. The van der Waals surface area contributed by atoms with Crippen molar-refractivity contribution >= 4 is 21.6 Å². The Morgan fingerprint density at radius 1 is 1.11 bits per heavy atom. The maximum atomic E-state index is 13.2. The summed E-state index contributed by atoms with van der Waals surface area (Å²) >= 11 is 5.60. The van der Waals surface area contributed by atoms with Crippen molar-refractivity contribution in [3.63, 3.8) is 0 Å². The van der Waals surface area contributed by atoms with Crippen LogP contribution in [0.25, 0.3) is 0 Å². The van der Waals surface area contributed by atoms with E-state index in [9.17, 15) is 21.6 Å². The number of hydrogen-bond acceptors (Lipinski definition) is 3. The lowest BCUT2D eigenvalue weighted by molar-refractivity contribution is -0.139. The van der Waals surface area contributed by atoms with E-state index >= 15 is 0 Å². The number of sulfonamides is 1. The monoisotopic (exact) mass is 418 g/mol. The molecule has 0 fully saturated rings. The van der Waals surface area contributed by atoms with Crippen LogP contribution >= 0.6 is 11.6 Å². The minimum atomic E-state index is -4.81. The molecular weight excluding hydrogens is 401 g/mol. The highest BCUT2D eigenvalue weighted by Gasteiger charge is 2.37. The molecule has 3 rings (SSSR count). The molecule has 0 aliphatic carbocycles. The van der Waals surface area contributed by atoms with Crippen molar-refractivity contribution in [1.29, 1.82) is 0 Å². The Morgan fingerprint density at radius 3 is 2.52 bits per heavy atom. The number of rotatable bonds is 5. The van der Waals surface area contributed by atoms with Gasteiger partial charge in [-0.05, 0) is 35.7 Å². The molecule has 1 heterocycles. The van der Waals surface area contributed by atoms with Crippen molar-refractivity contribution in [2.24, 2.45) is 0 Å². The molecule has 27 heavy (non-hydrogen) atoms. The Morgan fingerprint density at radius 2 is 1.81 bits per heavy atom. The topological polar surface area (TPSA) is 49.4 Å². The summed E-state index contributed by atoms with van der Waals surface area (Å²) in [6.45, 7) is 1.88. The third kappa shape index (κ3) is 4.82. The van der Waals surface area contributed by atoms with Crippen molar-refractivity contribution in [3.8, 4) is 0 Å². The van der Waals surface area contributed by atoms with Crippen molar-refractivity contribution in [1.82, 2.24) is 9.62 Å². The smallest absolute Gasteiger partial charge is 0.297 e. The van der Waals surface area contributed by atoms with E-state index in [1.54, 1.807) is 0 Å². The van der Waals surface area contributed by atoms with Crippen LogP contribution in [-0.4, -0.2) is 33.0 Å². The average molecular weight is 419 g/mol. The van der Waals surface area contributed by atoms with Gasteiger partial charge >= 0.3 is 6.18 Å². The van der Waals surface area contributed by atoms with Gasteiger partial charge in [0.15, 0.2) is 0 Å². The minimum absolute atomic E-state index is 0.0183. The second-order valence-electron chi connectivity index (χ2n) is 6.33. The molecule has 0 saturated heterocycles. The summed E-state index contributed by atoms with van der Waals surface area (Å²) in [5.41, 5.74) is 1.18. The zero-order chi connectivity index (χ0) is 19.7. The van der Waals surface area contributed by atoms with Crippen LogP contribution in [0.5, 0.6) is 0 Å². The van der Waals surface area contributed by atoms with E-state index in [4.69, 9.17) is 11.6 Å². The number of alkyl halides is 3. The Labute approximate surface area is 161 Å². The molecule has 146 valence electrons. The molecule has 9 heteroatoms. The lowest BCUT2D eigenvalue weighted by Gasteiger charge is -2.28. The minimum Gasteiger partial charge on any atom is -0.297 e. The SMILES string of the molecule is O=S(=O)(NCCN1CCc2ccccc2C1)c1ccc(Cl)cc1C(F)(F)F. The van der Waals surface area contributed by atoms with Crippen LogP contribution in [0.4, 0.5) is 13.2 Å². The second kappa shape index (κ2) is 7.79. The number of nitrogens with one attached hydrogen (secondary N) is 1. The van der Waals surface area contributed by atoms with E-state index in [0.717, 1.165) is 25.1 Å². The van der Waals surface area contributed by atoms with Gasteiger partial charge < -0.3 is 0 Å². The number of fused-ring (bicyclic) bond motifs is 1.